The Labute approximate surface area is 308 Å². The molecule has 0 unspecified atom stereocenters. The fourth-order valence-corrected chi connectivity index (χ4v) is 7.48. The van der Waals surface area contributed by atoms with Gasteiger partial charge in [0.2, 0.25) is 0 Å². The van der Waals surface area contributed by atoms with E-state index >= 15 is 0 Å². The molecule has 2 aromatic heterocycles. The minimum atomic E-state index is 0.0597. The van der Waals surface area contributed by atoms with Gasteiger partial charge in [0.1, 0.15) is 0 Å². The van der Waals surface area contributed by atoms with Crippen molar-refractivity contribution in [3.05, 3.63) is 181 Å². The largest absolute Gasteiger partial charge is 0.308 e. The number of aromatic nitrogens is 2. The van der Waals surface area contributed by atoms with Crippen molar-refractivity contribution in [2.24, 2.45) is 0 Å². The highest BCUT2D eigenvalue weighted by Crippen LogP contribution is 2.43. The van der Waals surface area contributed by atoms with E-state index in [1.54, 1.807) is 0 Å². The van der Waals surface area contributed by atoms with E-state index in [4.69, 9.17) is 0 Å². The van der Waals surface area contributed by atoms with E-state index in [2.05, 4.69) is 221 Å². The van der Waals surface area contributed by atoms with E-state index in [1.807, 2.05) is 0 Å². The first-order chi connectivity index (χ1) is 25.1. The average Bonchev–Trinajstić information content (AvgIpc) is 3.71. The van der Waals surface area contributed by atoms with Crippen LogP contribution < -0.4 is 0 Å². The number of rotatable bonds is 6. The first kappa shape index (κ1) is 33.3. The summed E-state index contributed by atoms with van der Waals surface area (Å²) in [7, 11) is 0. The molecule has 0 bridgehead atoms. The third kappa shape index (κ3) is 6.09. The summed E-state index contributed by atoms with van der Waals surface area (Å²) in [6, 6.07) is 62.3. The fraction of sp³-hybridized carbons (Fsp3) is 0.160. The van der Waals surface area contributed by atoms with Crippen LogP contribution in [0.3, 0.4) is 0 Å². The van der Waals surface area contributed by atoms with Crippen LogP contribution in [0.4, 0.5) is 0 Å². The maximum absolute atomic E-state index is 2.47. The van der Waals surface area contributed by atoms with Gasteiger partial charge in [0.05, 0.1) is 22.4 Å². The lowest BCUT2D eigenvalue weighted by Gasteiger charge is -2.20. The summed E-state index contributed by atoms with van der Waals surface area (Å²) >= 11 is 0. The molecule has 256 valence electrons. The van der Waals surface area contributed by atoms with Crippen LogP contribution in [0.2, 0.25) is 0 Å². The fourth-order valence-electron chi connectivity index (χ4n) is 7.48. The number of hydrogen-bond donors (Lipinski definition) is 0. The zero-order chi connectivity index (χ0) is 36.0. The molecule has 0 fully saturated rings. The topological polar surface area (TPSA) is 9.86 Å². The smallest absolute Gasteiger partial charge is 0.0724 e. The Morgan fingerprint density at radius 1 is 0.327 bits per heavy atom. The Bertz CT molecular complexity index is 2300. The molecule has 0 aliphatic rings. The van der Waals surface area contributed by atoms with Crippen molar-refractivity contribution < 1.29 is 0 Å². The SMILES string of the molecule is CC(C)(C)c1ccc(-n2c(-c3ccccc3-c3ccccc3)cc3c2cc(-c2ccccc2-c2ccccc2)n3-c2ccc(C(C)(C)C)cc2)cc1. The predicted octanol–water partition coefficient (Wildman–Crippen LogP) is 13.7. The standard InChI is InChI=1S/C50H46N2/c1-49(2,3)37-25-29-39(30-26-37)51-45(43-23-15-13-21-41(43)35-17-9-7-10-18-35)33-48-47(51)34-46(52(48)40-31-27-38(28-32-40)50(4,5)6)44-24-16-14-22-42(44)36-19-11-8-12-20-36/h7-34H,1-6H3. The molecule has 2 heterocycles. The molecule has 0 radical (unpaired) electrons. The molecule has 0 atom stereocenters. The lowest BCUT2D eigenvalue weighted by atomic mass is 9.87. The van der Waals surface area contributed by atoms with Gasteiger partial charge >= 0.3 is 0 Å². The Hall–Kier alpha value is -5.86. The minimum Gasteiger partial charge on any atom is -0.308 e. The van der Waals surface area contributed by atoms with Crippen LogP contribution in [0.5, 0.6) is 0 Å². The summed E-state index contributed by atoms with van der Waals surface area (Å²) in [6.45, 7) is 13.7. The van der Waals surface area contributed by atoms with E-state index < -0.39 is 0 Å². The molecule has 8 aromatic rings. The van der Waals surface area contributed by atoms with Gasteiger partial charge in [-0.25, -0.2) is 0 Å². The second-order valence-corrected chi connectivity index (χ2v) is 15.9. The molecule has 6 aromatic carbocycles. The number of fused-ring (bicyclic) bond motifs is 1. The lowest BCUT2D eigenvalue weighted by molar-refractivity contribution is 0.590. The van der Waals surface area contributed by atoms with E-state index in [9.17, 15) is 0 Å². The van der Waals surface area contributed by atoms with Crippen LogP contribution >= 0.6 is 0 Å². The summed E-state index contributed by atoms with van der Waals surface area (Å²) in [5.41, 5.74) is 16.9. The summed E-state index contributed by atoms with van der Waals surface area (Å²) < 4.78 is 4.94. The van der Waals surface area contributed by atoms with Gasteiger partial charge in [0.15, 0.2) is 0 Å². The normalized spacial score (nSPS) is 12.0. The molecule has 0 saturated heterocycles. The van der Waals surface area contributed by atoms with Gasteiger partial charge in [-0.05, 0) is 80.6 Å². The number of hydrogen-bond acceptors (Lipinski definition) is 0. The number of benzene rings is 6. The van der Waals surface area contributed by atoms with Crippen LogP contribution in [-0.2, 0) is 10.8 Å². The van der Waals surface area contributed by atoms with Crippen molar-refractivity contribution in [1.29, 1.82) is 0 Å². The molecule has 0 aliphatic heterocycles. The van der Waals surface area contributed by atoms with Crippen molar-refractivity contribution in [3.63, 3.8) is 0 Å². The van der Waals surface area contributed by atoms with E-state index in [-0.39, 0.29) is 10.8 Å². The highest BCUT2D eigenvalue weighted by Gasteiger charge is 2.24. The molecule has 0 saturated carbocycles. The maximum atomic E-state index is 2.47. The van der Waals surface area contributed by atoms with E-state index in [1.165, 1.54) is 55.5 Å². The molecule has 2 heteroatoms. The van der Waals surface area contributed by atoms with Gasteiger partial charge in [0, 0.05) is 22.5 Å². The summed E-state index contributed by atoms with van der Waals surface area (Å²) in [6.07, 6.45) is 0. The quantitative estimate of drug-likeness (QED) is 0.166. The molecule has 0 spiro atoms. The summed E-state index contributed by atoms with van der Waals surface area (Å²) in [5, 5.41) is 0. The van der Waals surface area contributed by atoms with Crippen molar-refractivity contribution >= 4 is 11.0 Å². The Kier molecular flexibility index (Phi) is 8.35. The van der Waals surface area contributed by atoms with Crippen molar-refractivity contribution in [1.82, 2.24) is 9.13 Å². The zero-order valence-corrected chi connectivity index (χ0v) is 31.1. The first-order valence-electron chi connectivity index (χ1n) is 18.4. The van der Waals surface area contributed by atoms with Crippen molar-refractivity contribution in [2.75, 3.05) is 0 Å². The van der Waals surface area contributed by atoms with Crippen LogP contribution in [-0.4, -0.2) is 9.13 Å². The Balaban J connectivity index is 1.46. The van der Waals surface area contributed by atoms with E-state index in [0.717, 1.165) is 22.8 Å². The molecule has 0 N–H and O–H groups in total. The molecule has 2 nitrogen and oxygen atoms in total. The van der Waals surface area contributed by atoms with E-state index in [0.29, 0.717) is 0 Å². The van der Waals surface area contributed by atoms with Gasteiger partial charge in [0.25, 0.3) is 0 Å². The molecule has 52 heavy (non-hydrogen) atoms. The van der Waals surface area contributed by atoms with Gasteiger partial charge in [-0.3, -0.25) is 0 Å². The van der Waals surface area contributed by atoms with Gasteiger partial charge < -0.3 is 9.13 Å². The number of nitrogens with zero attached hydrogens (tertiary/aromatic N) is 2. The third-order valence-electron chi connectivity index (χ3n) is 10.3. The molecule has 0 aliphatic carbocycles. The maximum Gasteiger partial charge on any atom is 0.0724 e. The van der Waals surface area contributed by atoms with Crippen LogP contribution in [0.1, 0.15) is 52.7 Å². The summed E-state index contributed by atoms with van der Waals surface area (Å²) in [4.78, 5) is 0. The molecule has 0 amide bonds. The van der Waals surface area contributed by atoms with Gasteiger partial charge in [-0.1, -0.05) is 175 Å². The molecular formula is C50H46N2. The third-order valence-corrected chi connectivity index (χ3v) is 10.3. The Morgan fingerprint density at radius 3 is 0.962 bits per heavy atom. The summed E-state index contributed by atoms with van der Waals surface area (Å²) in [5.74, 6) is 0. The molecular weight excluding hydrogens is 629 g/mol. The highest BCUT2D eigenvalue weighted by molar-refractivity contribution is 5.98. The van der Waals surface area contributed by atoms with Crippen LogP contribution in [0.25, 0.3) is 67.2 Å². The van der Waals surface area contributed by atoms with Crippen LogP contribution in [0.15, 0.2) is 170 Å². The van der Waals surface area contributed by atoms with Crippen LogP contribution in [0, 0.1) is 0 Å². The average molecular weight is 675 g/mol. The van der Waals surface area contributed by atoms with Crippen molar-refractivity contribution in [3.8, 4) is 56.1 Å². The van der Waals surface area contributed by atoms with Gasteiger partial charge in [-0.2, -0.15) is 0 Å². The Morgan fingerprint density at radius 2 is 0.635 bits per heavy atom. The van der Waals surface area contributed by atoms with Gasteiger partial charge in [-0.15, -0.1) is 0 Å². The first-order valence-corrected chi connectivity index (χ1v) is 18.4. The zero-order valence-electron chi connectivity index (χ0n) is 31.1. The predicted molar refractivity (Wildman–Crippen MR) is 222 cm³/mol. The second kappa shape index (κ2) is 13.0. The second-order valence-electron chi connectivity index (χ2n) is 15.9. The lowest BCUT2D eigenvalue weighted by Crippen LogP contribution is -2.11. The van der Waals surface area contributed by atoms with Crippen molar-refractivity contribution in [2.45, 2.75) is 52.4 Å². The minimum absolute atomic E-state index is 0.0597. The monoisotopic (exact) mass is 674 g/mol. The molecule has 8 rings (SSSR count). The highest BCUT2D eigenvalue weighted by atomic mass is 15.1.